The highest BCUT2D eigenvalue weighted by Gasteiger charge is 2.33. The van der Waals surface area contributed by atoms with Gasteiger partial charge in [0.15, 0.2) is 0 Å². The highest BCUT2D eigenvalue weighted by molar-refractivity contribution is 7.89. The van der Waals surface area contributed by atoms with Crippen molar-refractivity contribution < 1.29 is 18.4 Å². The molecule has 7 heteroatoms. The lowest BCUT2D eigenvalue weighted by atomic mass is 9.81. The summed E-state index contributed by atoms with van der Waals surface area (Å²) in [5.41, 5.74) is 6.38. The number of rotatable bonds is 7. The molecule has 0 aromatic heterocycles. The molecule has 2 aromatic rings. The topological polar surface area (TPSA) is 86.7 Å². The van der Waals surface area contributed by atoms with Gasteiger partial charge in [-0.25, -0.2) is 13.9 Å². The van der Waals surface area contributed by atoms with Crippen molar-refractivity contribution in [2.24, 2.45) is 11.8 Å². The van der Waals surface area contributed by atoms with Crippen molar-refractivity contribution in [3.8, 4) is 0 Å². The number of hydrogen-bond donors (Lipinski definition) is 2. The van der Waals surface area contributed by atoms with Crippen LogP contribution in [0, 0.1) is 39.5 Å². The van der Waals surface area contributed by atoms with Gasteiger partial charge in [-0.1, -0.05) is 42.0 Å². The summed E-state index contributed by atoms with van der Waals surface area (Å²) in [5.74, 6) is -0.388. The van der Waals surface area contributed by atoms with Crippen molar-refractivity contribution in [2.75, 3.05) is 6.54 Å². The third kappa shape index (κ3) is 5.39. The average molecular weight is 459 g/mol. The number of nitrogens with one attached hydrogen (secondary N) is 1. The third-order valence-corrected chi connectivity index (χ3v) is 8.72. The van der Waals surface area contributed by atoms with Gasteiger partial charge in [0.2, 0.25) is 15.9 Å². The second-order valence-corrected chi connectivity index (χ2v) is 11.0. The van der Waals surface area contributed by atoms with E-state index in [1.165, 1.54) is 0 Å². The summed E-state index contributed by atoms with van der Waals surface area (Å²) in [6.45, 7) is 8.43. The SMILES string of the molecule is Cc1cc(C)c(S(=O)(=O)N(Cc2ccccc2C)CC2CCC(C(=O)NO)CC2)c(C)c1. The monoisotopic (exact) mass is 458 g/mol. The number of amides is 1. The molecule has 2 N–H and O–H groups in total. The number of sulfonamides is 1. The van der Waals surface area contributed by atoms with E-state index in [0.717, 1.165) is 40.7 Å². The van der Waals surface area contributed by atoms with E-state index in [-0.39, 0.29) is 17.7 Å². The van der Waals surface area contributed by atoms with Crippen LogP contribution in [-0.2, 0) is 21.4 Å². The summed E-state index contributed by atoms with van der Waals surface area (Å²) in [6.07, 6.45) is 2.81. The van der Waals surface area contributed by atoms with Crippen LogP contribution in [0.15, 0.2) is 41.3 Å². The average Bonchev–Trinajstić information content (AvgIpc) is 2.73. The third-order valence-electron chi connectivity index (χ3n) is 6.60. The minimum absolute atomic E-state index is 0.169. The van der Waals surface area contributed by atoms with Crippen LogP contribution in [0.4, 0.5) is 0 Å². The van der Waals surface area contributed by atoms with E-state index >= 15 is 0 Å². The molecule has 0 spiro atoms. The van der Waals surface area contributed by atoms with Gasteiger partial charge in [-0.2, -0.15) is 4.31 Å². The number of nitrogens with zero attached hydrogens (tertiary/aromatic N) is 1. The molecule has 0 unspecified atom stereocenters. The predicted molar refractivity (Wildman–Crippen MR) is 125 cm³/mol. The fourth-order valence-electron chi connectivity index (χ4n) is 4.91. The van der Waals surface area contributed by atoms with Gasteiger partial charge in [0.25, 0.3) is 0 Å². The highest BCUT2D eigenvalue weighted by Crippen LogP contribution is 2.33. The number of carbonyl (C=O) groups is 1. The second kappa shape index (κ2) is 10.1. The number of hydroxylamine groups is 1. The van der Waals surface area contributed by atoms with E-state index in [2.05, 4.69) is 0 Å². The first kappa shape index (κ1) is 24.4. The zero-order valence-electron chi connectivity index (χ0n) is 19.4. The maximum Gasteiger partial charge on any atom is 0.246 e. The lowest BCUT2D eigenvalue weighted by molar-refractivity contribution is -0.134. The number of carbonyl (C=O) groups excluding carboxylic acids is 1. The zero-order chi connectivity index (χ0) is 23.5. The first-order valence-electron chi connectivity index (χ1n) is 11.2. The Morgan fingerprint density at radius 1 is 1.00 bits per heavy atom. The first-order chi connectivity index (χ1) is 15.1. The van der Waals surface area contributed by atoms with Gasteiger partial charge in [-0.15, -0.1) is 0 Å². The molecule has 3 rings (SSSR count). The lowest BCUT2D eigenvalue weighted by Gasteiger charge is -2.32. The van der Waals surface area contributed by atoms with Crippen LogP contribution >= 0.6 is 0 Å². The number of benzene rings is 2. The summed E-state index contributed by atoms with van der Waals surface area (Å²) in [7, 11) is -3.71. The molecule has 6 nitrogen and oxygen atoms in total. The van der Waals surface area contributed by atoms with Gasteiger partial charge in [0.05, 0.1) is 4.90 Å². The van der Waals surface area contributed by atoms with Crippen LogP contribution in [-0.4, -0.2) is 30.4 Å². The van der Waals surface area contributed by atoms with E-state index in [4.69, 9.17) is 5.21 Å². The van der Waals surface area contributed by atoms with Crippen LogP contribution in [0.2, 0.25) is 0 Å². The van der Waals surface area contributed by atoms with Crippen LogP contribution in [0.3, 0.4) is 0 Å². The molecule has 0 saturated heterocycles. The van der Waals surface area contributed by atoms with Crippen molar-refractivity contribution in [1.82, 2.24) is 9.79 Å². The van der Waals surface area contributed by atoms with Crippen molar-refractivity contribution >= 4 is 15.9 Å². The molecule has 174 valence electrons. The van der Waals surface area contributed by atoms with Crippen molar-refractivity contribution in [2.45, 2.75) is 64.8 Å². The van der Waals surface area contributed by atoms with Gasteiger partial charge >= 0.3 is 0 Å². The summed E-state index contributed by atoms with van der Waals surface area (Å²) in [5, 5.41) is 8.91. The molecule has 32 heavy (non-hydrogen) atoms. The smallest absolute Gasteiger partial charge is 0.246 e. The molecule has 1 aliphatic carbocycles. The zero-order valence-corrected chi connectivity index (χ0v) is 20.2. The highest BCUT2D eigenvalue weighted by atomic mass is 32.2. The largest absolute Gasteiger partial charge is 0.289 e. The summed E-state index contributed by atoms with van der Waals surface area (Å²) in [4.78, 5) is 12.1. The van der Waals surface area contributed by atoms with E-state index in [1.54, 1.807) is 9.79 Å². The molecule has 1 fully saturated rings. The maximum absolute atomic E-state index is 13.9. The van der Waals surface area contributed by atoms with E-state index in [0.29, 0.717) is 30.8 Å². The molecular formula is C25H34N2O4S. The van der Waals surface area contributed by atoms with Crippen molar-refractivity contribution in [3.63, 3.8) is 0 Å². The van der Waals surface area contributed by atoms with Gasteiger partial charge in [-0.3, -0.25) is 10.0 Å². The van der Waals surface area contributed by atoms with Gasteiger partial charge in [0, 0.05) is 19.0 Å². The molecule has 0 radical (unpaired) electrons. The summed E-state index contributed by atoms with van der Waals surface area (Å²) >= 11 is 0. The van der Waals surface area contributed by atoms with E-state index in [1.807, 2.05) is 64.1 Å². The number of aryl methyl sites for hydroxylation is 4. The molecule has 0 aliphatic heterocycles. The molecule has 1 saturated carbocycles. The Kier molecular flexibility index (Phi) is 7.75. The molecular weight excluding hydrogens is 424 g/mol. The Balaban J connectivity index is 1.91. The Morgan fingerprint density at radius 2 is 1.59 bits per heavy atom. The molecule has 2 aromatic carbocycles. The first-order valence-corrected chi connectivity index (χ1v) is 12.6. The Bertz CT molecular complexity index is 1050. The molecule has 0 bridgehead atoms. The molecule has 1 amide bonds. The molecule has 0 heterocycles. The van der Waals surface area contributed by atoms with Crippen LogP contribution in [0.5, 0.6) is 0 Å². The second-order valence-electron chi connectivity index (χ2n) is 9.15. The van der Waals surface area contributed by atoms with Crippen LogP contribution in [0.25, 0.3) is 0 Å². The molecule has 0 atom stereocenters. The van der Waals surface area contributed by atoms with Gasteiger partial charge < -0.3 is 0 Å². The summed E-state index contributed by atoms with van der Waals surface area (Å²) < 4.78 is 29.5. The van der Waals surface area contributed by atoms with E-state index in [9.17, 15) is 13.2 Å². The van der Waals surface area contributed by atoms with Crippen molar-refractivity contribution in [3.05, 3.63) is 64.2 Å². The van der Waals surface area contributed by atoms with Gasteiger partial charge in [-0.05, 0) is 81.5 Å². The Labute approximate surface area is 191 Å². The fraction of sp³-hybridized carbons (Fsp3) is 0.480. The predicted octanol–water partition coefficient (Wildman–Crippen LogP) is 4.42. The quantitative estimate of drug-likeness (QED) is 0.475. The number of hydrogen-bond acceptors (Lipinski definition) is 4. The Hall–Kier alpha value is -2.22. The fourth-order valence-corrected chi connectivity index (χ4v) is 6.82. The lowest BCUT2D eigenvalue weighted by Crippen LogP contribution is -2.38. The minimum Gasteiger partial charge on any atom is -0.289 e. The van der Waals surface area contributed by atoms with Crippen LogP contribution < -0.4 is 5.48 Å². The standard InChI is InChI=1S/C25H34N2O4S/c1-17-13-19(3)24(20(4)14-17)32(30,31)27(16-23-8-6-5-7-18(23)2)15-21-9-11-22(12-10-21)25(28)26-29/h5-8,13-14,21-22,29H,9-12,15-16H2,1-4H3,(H,26,28). The normalized spacial score (nSPS) is 19.2. The van der Waals surface area contributed by atoms with Crippen molar-refractivity contribution in [1.29, 1.82) is 0 Å². The van der Waals surface area contributed by atoms with E-state index < -0.39 is 10.0 Å². The maximum atomic E-state index is 13.9. The van der Waals surface area contributed by atoms with Crippen LogP contribution in [0.1, 0.15) is 53.5 Å². The molecule has 1 aliphatic rings. The summed E-state index contributed by atoms with van der Waals surface area (Å²) in [6, 6.07) is 11.7. The van der Waals surface area contributed by atoms with Gasteiger partial charge in [0.1, 0.15) is 0 Å². The Morgan fingerprint density at radius 3 is 2.16 bits per heavy atom. The minimum atomic E-state index is -3.71.